The summed E-state index contributed by atoms with van der Waals surface area (Å²) in [7, 11) is 0. The number of anilines is 1. The van der Waals surface area contributed by atoms with Crippen LogP contribution < -0.4 is 16.0 Å². The van der Waals surface area contributed by atoms with E-state index in [1.54, 1.807) is 11.3 Å². The molecule has 0 spiro atoms. The van der Waals surface area contributed by atoms with Gasteiger partial charge in [0.15, 0.2) is 5.96 Å². The predicted octanol–water partition coefficient (Wildman–Crippen LogP) is 2.74. The first kappa shape index (κ1) is 20.9. The third-order valence-corrected chi connectivity index (χ3v) is 4.49. The maximum atomic E-state index is 12.6. The largest absolute Gasteiger partial charge is 0.433 e. The van der Waals surface area contributed by atoms with Crippen LogP contribution in [0.4, 0.5) is 19.1 Å². The highest BCUT2D eigenvalue weighted by atomic mass is 32.1. The Morgan fingerprint density at radius 1 is 1.19 bits per heavy atom. The highest BCUT2D eigenvalue weighted by molar-refractivity contribution is 7.11. The summed E-state index contributed by atoms with van der Waals surface area (Å²) in [5.74, 6) is 0.539. The molecule has 2 aromatic heterocycles. The summed E-state index contributed by atoms with van der Waals surface area (Å²) in [4.78, 5) is 17.3. The fraction of sp³-hybridized carbons (Fsp3) is 0.500. The van der Waals surface area contributed by atoms with Crippen molar-refractivity contribution in [2.75, 3.05) is 25.0 Å². The molecule has 0 saturated heterocycles. The number of hydrogen-bond donors (Lipinski definition) is 3. The molecular formula is C16H22F3N7S. The number of aliphatic imine (C=N–C) groups is 1. The van der Waals surface area contributed by atoms with Crippen molar-refractivity contribution in [1.82, 2.24) is 25.6 Å². The SMILES string of the molecule is CCNC(=NCc1nc(C)c(C)s1)NCCNc1nccc(C(F)(F)F)n1. The van der Waals surface area contributed by atoms with Crippen molar-refractivity contribution < 1.29 is 13.2 Å². The first-order chi connectivity index (χ1) is 12.8. The van der Waals surface area contributed by atoms with Crippen LogP contribution in [0, 0.1) is 13.8 Å². The number of guanidine groups is 1. The third-order valence-electron chi connectivity index (χ3n) is 3.44. The molecule has 148 valence electrons. The smallest absolute Gasteiger partial charge is 0.357 e. The van der Waals surface area contributed by atoms with Gasteiger partial charge in [-0.15, -0.1) is 11.3 Å². The molecule has 0 aromatic carbocycles. The fourth-order valence-corrected chi connectivity index (χ4v) is 2.91. The Morgan fingerprint density at radius 3 is 2.59 bits per heavy atom. The molecule has 0 unspecified atom stereocenters. The van der Waals surface area contributed by atoms with Crippen LogP contribution in [-0.4, -0.2) is 40.5 Å². The number of nitrogens with zero attached hydrogens (tertiary/aromatic N) is 4. The zero-order chi connectivity index (χ0) is 19.9. The summed E-state index contributed by atoms with van der Waals surface area (Å²) in [6, 6.07) is 0.835. The summed E-state index contributed by atoms with van der Waals surface area (Å²) < 4.78 is 37.9. The molecule has 7 nitrogen and oxygen atoms in total. The second kappa shape index (κ2) is 9.49. The normalized spacial score (nSPS) is 12.1. The number of alkyl halides is 3. The molecule has 0 radical (unpaired) electrons. The molecule has 2 aromatic rings. The highest BCUT2D eigenvalue weighted by Gasteiger charge is 2.32. The second-order valence-electron chi connectivity index (χ2n) is 5.56. The van der Waals surface area contributed by atoms with E-state index in [2.05, 4.69) is 35.9 Å². The van der Waals surface area contributed by atoms with Gasteiger partial charge in [-0.3, -0.25) is 0 Å². The molecule has 0 fully saturated rings. The quantitative estimate of drug-likeness (QED) is 0.376. The molecule has 0 aliphatic heterocycles. The van der Waals surface area contributed by atoms with Gasteiger partial charge in [-0.05, 0) is 26.8 Å². The maximum absolute atomic E-state index is 12.6. The lowest BCUT2D eigenvalue weighted by Crippen LogP contribution is -2.39. The Labute approximate surface area is 159 Å². The summed E-state index contributed by atoms with van der Waals surface area (Å²) in [5.41, 5.74) is 0.0327. The lowest BCUT2D eigenvalue weighted by molar-refractivity contribution is -0.141. The van der Waals surface area contributed by atoms with Crippen molar-refractivity contribution in [3.05, 3.63) is 33.5 Å². The minimum Gasteiger partial charge on any atom is -0.357 e. The molecule has 2 rings (SSSR count). The van der Waals surface area contributed by atoms with E-state index in [1.165, 1.54) is 4.88 Å². The van der Waals surface area contributed by atoms with E-state index in [4.69, 9.17) is 0 Å². The maximum Gasteiger partial charge on any atom is 0.433 e. The van der Waals surface area contributed by atoms with Gasteiger partial charge in [0, 0.05) is 30.7 Å². The predicted molar refractivity (Wildman–Crippen MR) is 99.9 cm³/mol. The van der Waals surface area contributed by atoms with Crippen LogP contribution in [0.2, 0.25) is 0 Å². The molecule has 0 saturated carbocycles. The molecule has 3 N–H and O–H groups in total. The van der Waals surface area contributed by atoms with Gasteiger partial charge in [0.25, 0.3) is 0 Å². The second-order valence-corrected chi connectivity index (χ2v) is 6.85. The van der Waals surface area contributed by atoms with Gasteiger partial charge in [-0.2, -0.15) is 13.2 Å². The minimum atomic E-state index is -4.49. The van der Waals surface area contributed by atoms with Crippen LogP contribution in [0.5, 0.6) is 0 Å². The van der Waals surface area contributed by atoms with E-state index in [9.17, 15) is 13.2 Å². The molecule has 0 atom stereocenters. The molecule has 0 aliphatic carbocycles. The van der Waals surface area contributed by atoms with Crippen molar-refractivity contribution in [3.8, 4) is 0 Å². The van der Waals surface area contributed by atoms with Crippen molar-refractivity contribution in [1.29, 1.82) is 0 Å². The van der Waals surface area contributed by atoms with Crippen molar-refractivity contribution in [3.63, 3.8) is 0 Å². The van der Waals surface area contributed by atoms with Gasteiger partial charge in [0.05, 0.1) is 12.2 Å². The van der Waals surface area contributed by atoms with Crippen LogP contribution >= 0.6 is 11.3 Å². The van der Waals surface area contributed by atoms with Crippen LogP contribution in [0.1, 0.15) is 28.2 Å². The Morgan fingerprint density at radius 2 is 1.96 bits per heavy atom. The van der Waals surface area contributed by atoms with E-state index in [-0.39, 0.29) is 5.95 Å². The number of halogens is 3. The van der Waals surface area contributed by atoms with E-state index < -0.39 is 11.9 Å². The Bertz CT molecular complexity index is 754. The topological polar surface area (TPSA) is 87.1 Å². The summed E-state index contributed by atoms with van der Waals surface area (Å²) in [5, 5.41) is 9.90. The van der Waals surface area contributed by atoms with E-state index in [1.807, 2.05) is 20.8 Å². The number of thiazole rings is 1. The van der Waals surface area contributed by atoms with Gasteiger partial charge in [0.2, 0.25) is 5.95 Å². The average molecular weight is 401 g/mol. The lowest BCUT2D eigenvalue weighted by atomic mass is 10.4. The van der Waals surface area contributed by atoms with Gasteiger partial charge in [-0.1, -0.05) is 0 Å². The zero-order valence-electron chi connectivity index (χ0n) is 15.3. The van der Waals surface area contributed by atoms with Crippen molar-refractivity contribution >= 4 is 23.2 Å². The van der Waals surface area contributed by atoms with Crippen molar-refractivity contribution in [2.24, 2.45) is 4.99 Å². The third kappa shape index (κ3) is 6.66. The number of nitrogens with one attached hydrogen (secondary N) is 3. The minimum absolute atomic E-state index is 0.0673. The van der Waals surface area contributed by atoms with Gasteiger partial charge in [-0.25, -0.2) is 19.9 Å². The fourth-order valence-electron chi connectivity index (χ4n) is 2.05. The van der Waals surface area contributed by atoms with Crippen LogP contribution in [0.15, 0.2) is 17.3 Å². The average Bonchev–Trinajstić information content (AvgIpc) is 2.94. The number of aromatic nitrogens is 3. The Kier molecular flexibility index (Phi) is 7.34. The molecule has 0 amide bonds. The molecular weight excluding hydrogens is 379 g/mol. The van der Waals surface area contributed by atoms with E-state index >= 15 is 0 Å². The molecule has 27 heavy (non-hydrogen) atoms. The Balaban J connectivity index is 1.84. The monoisotopic (exact) mass is 401 g/mol. The van der Waals surface area contributed by atoms with Crippen molar-refractivity contribution in [2.45, 2.75) is 33.5 Å². The zero-order valence-corrected chi connectivity index (χ0v) is 16.1. The van der Waals surface area contributed by atoms with E-state index in [0.717, 1.165) is 23.0 Å². The van der Waals surface area contributed by atoms with Crippen LogP contribution in [0.25, 0.3) is 0 Å². The van der Waals surface area contributed by atoms with E-state index in [0.29, 0.717) is 32.1 Å². The highest BCUT2D eigenvalue weighted by Crippen LogP contribution is 2.27. The lowest BCUT2D eigenvalue weighted by Gasteiger charge is -2.12. The first-order valence-corrected chi connectivity index (χ1v) is 9.20. The molecule has 11 heteroatoms. The number of rotatable bonds is 7. The number of aryl methyl sites for hydroxylation is 2. The van der Waals surface area contributed by atoms with Crippen LogP contribution in [-0.2, 0) is 12.7 Å². The summed E-state index contributed by atoms with van der Waals surface area (Å²) in [6.45, 7) is 7.84. The van der Waals surface area contributed by atoms with Gasteiger partial charge < -0.3 is 16.0 Å². The van der Waals surface area contributed by atoms with Gasteiger partial charge in [0.1, 0.15) is 10.7 Å². The number of hydrogen-bond acceptors (Lipinski definition) is 6. The first-order valence-electron chi connectivity index (χ1n) is 8.38. The van der Waals surface area contributed by atoms with Crippen LogP contribution in [0.3, 0.4) is 0 Å². The summed E-state index contributed by atoms with van der Waals surface area (Å²) in [6.07, 6.45) is -3.41. The van der Waals surface area contributed by atoms with Gasteiger partial charge >= 0.3 is 6.18 Å². The molecule has 0 aliphatic rings. The molecule has 0 bridgehead atoms. The standard InChI is InChI=1S/C16H22F3N7S/c1-4-20-14(24-9-13-25-10(2)11(3)27-13)22-7-8-23-15-21-6-5-12(26-15)16(17,18)19/h5-6H,4,7-9H2,1-3H3,(H2,20,22,24)(H,21,23,26). The Hall–Kier alpha value is -2.43. The summed E-state index contributed by atoms with van der Waals surface area (Å²) >= 11 is 1.61. The molecule has 2 heterocycles.